The van der Waals surface area contributed by atoms with Crippen LogP contribution in [0.15, 0.2) is 12.1 Å². The first-order valence-corrected chi connectivity index (χ1v) is 7.44. The highest BCUT2D eigenvalue weighted by atomic mass is 35.5. The molecule has 3 nitrogen and oxygen atoms in total. The summed E-state index contributed by atoms with van der Waals surface area (Å²) in [5.74, 6) is 0.838. The number of hydrogen-bond acceptors (Lipinski definition) is 2. The van der Waals surface area contributed by atoms with Gasteiger partial charge in [-0.2, -0.15) is 0 Å². The fourth-order valence-corrected chi connectivity index (χ4v) is 2.70. The highest BCUT2D eigenvalue weighted by molar-refractivity contribution is 6.31. The van der Waals surface area contributed by atoms with Crippen molar-refractivity contribution in [1.82, 2.24) is 9.55 Å². The molecule has 1 aromatic carbocycles. The lowest BCUT2D eigenvalue weighted by atomic mass is 10.2. The fourth-order valence-electron chi connectivity index (χ4n) is 2.38. The van der Waals surface area contributed by atoms with Crippen molar-refractivity contribution in [3.05, 3.63) is 28.8 Å². The maximum absolute atomic E-state index is 13.6. The van der Waals surface area contributed by atoms with Crippen molar-refractivity contribution in [1.29, 1.82) is 0 Å². The summed E-state index contributed by atoms with van der Waals surface area (Å²) < 4.78 is 20.9. The van der Waals surface area contributed by atoms with Gasteiger partial charge in [-0.3, -0.25) is 0 Å². The Balaban J connectivity index is 2.63. The van der Waals surface area contributed by atoms with Gasteiger partial charge in [-0.15, -0.1) is 11.6 Å². The van der Waals surface area contributed by atoms with Crippen LogP contribution in [-0.4, -0.2) is 29.1 Å². The summed E-state index contributed by atoms with van der Waals surface area (Å²) in [5, 5.41) is 0.100. The highest BCUT2D eigenvalue weighted by Crippen LogP contribution is 2.28. The van der Waals surface area contributed by atoms with Gasteiger partial charge in [-0.1, -0.05) is 18.5 Å². The first-order chi connectivity index (χ1) is 9.62. The lowest BCUT2D eigenvalue weighted by molar-refractivity contribution is 0.153. The van der Waals surface area contributed by atoms with E-state index in [2.05, 4.69) is 16.5 Å². The zero-order valence-electron chi connectivity index (χ0n) is 11.5. The minimum Gasteiger partial charge on any atom is -0.383 e. The smallest absolute Gasteiger partial charge is 0.144 e. The molecule has 0 spiro atoms. The van der Waals surface area contributed by atoms with Crippen LogP contribution in [-0.2, 0) is 11.2 Å². The largest absolute Gasteiger partial charge is 0.383 e. The monoisotopic (exact) mass is 318 g/mol. The third-order valence-electron chi connectivity index (χ3n) is 3.32. The van der Waals surface area contributed by atoms with Gasteiger partial charge in [-0.25, -0.2) is 9.37 Å². The first-order valence-electron chi connectivity index (χ1n) is 6.53. The Morgan fingerprint density at radius 1 is 1.45 bits per heavy atom. The molecule has 0 saturated carbocycles. The number of hydrogen-bond donors (Lipinski definition) is 0. The van der Waals surface area contributed by atoms with Crippen LogP contribution in [0.1, 0.15) is 25.2 Å². The summed E-state index contributed by atoms with van der Waals surface area (Å²) in [5.41, 5.74) is 1.42. The van der Waals surface area contributed by atoms with Crippen LogP contribution in [0.4, 0.5) is 4.39 Å². The third-order valence-corrected chi connectivity index (χ3v) is 3.80. The molecule has 0 N–H and O–H groups in total. The van der Waals surface area contributed by atoms with Crippen molar-refractivity contribution >= 4 is 34.2 Å². The van der Waals surface area contributed by atoms with Crippen molar-refractivity contribution in [2.45, 2.75) is 25.8 Å². The quantitative estimate of drug-likeness (QED) is 0.746. The van der Waals surface area contributed by atoms with Gasteiger partial charge in [-0.05, 0) is 12.5 Å². The number of rotatable bonds is 6. The van der Waals surface area contributed by atoms with Crippen molar-refractivity contribution in [2.24, 2.45) is 0 Å². The van der Waals surface area contributed by atoms with Crippen LogP contribution >= 0.6 is 23.2 Å². The minimum atomic E-state index is -0.457. The Morgan fingerprint density at radius 2 is 2.20 bits per heavy atom. The first kappa shape index (κ1) is 15.5. The number of nitrogens with zero attached hydrogens (tertiary/aromatic N) is 2. The van der Waals surface area contributed by atoms with E-state index in [4.69, 9.17) is 27.9 Å². The molecule has 110 valence electrons. The molecule has 0 aliphatic rings. The maximum Gasteiger partial charge on any atom is 0.144 e. The highest BCUT2D eigenvalue weighted by Gasteiger charge is 2.19. The van der Waals surface area contributed by atoms with Crippen LogP contribution in [0, 0.1) is 5.82 Å². The van der Waals surface area contributed by atoms with Crippen molar-refractivity contribution in [3.63, 3.8) is 0 Å². The molecule has 1 unspecified atom stereocenters. The fraction of sp³-hybridized carbons (Fsp3) is 0.500. The zero-order valence-corrected chi connectivity index (χ0v) is 13.0. The zero-order chi connectivity index (χ0) is 14.7. The topological polar surface area (TPSA) is 27.1 Å². The predicted octanol–water partition coefficient (Wildman–Crippen LogP) is 4.21. The van der Waals surface area contributed by atoms with Crippen LogP contribution in [0.5, 0.6) is 0 Å². The summed E-state index contributed by atoms with van der Waals surface area (Å²) in [6, 6.07) is 3.12. The second kappa shape index (κ2) is 6.74. The Morgan fingerprint density at radius 3 is 2.80 bits per heavy atom. The van der Waals surface area contributed by atoms with Gasteiger partial charge in [0.2, 0.25) is 0 Å². The molecule has 0 fully saturated rings. The summed E-state index contributed by atoms with van der Waals surface area (Å²) in [4.78, 5) is 4.48. The minimum absolute atomic E-state index is 0.100. The van der Waals surface area contributed by atoms with Gasteiger partial charge in [0.15, 0.2) is 0 Å². The second-order valence-electron chi connectivity index (χ2n) is 4.61. The molecule has 20 heavy (non-hydrogen) atoms. The van der Waals surface area contributed by atoms with Crippen molar-refractivity contribution in [2.75, 3.05) is 19.6 Å². The molecule has 1 heterocycles. The SMILES string of the molecule is CCC(COC)n1c(CCCl)nc2cc(F)c(Cl)cc21. The van der Waals surface area contributed by atoms with Crippen molar-refractivity contribution < 1.29 is 9.13 Å². The number of halogens is 3. The molecule has 0 radical (unpaired) electrons. The van der Waals surface area contributed by atoms with E-state index < -0.39 is 5.82 Å². The molecule has 6 heteroatoms. The van der Waals surface area contributed by atoms with Crippen LogP contribution < -0.4 is 0 Å². The van der Waals surface area contributed by atoms with Gasteiger partial charge in [0.05, 0.1) is 28.7 Å². The molecule has 2 aromatic rings. The normalized spacial score (nSPS) is 13.1. The lowest BCUT2D eigenvalue weighted by Gasteiger charge is -2.19. The maximum atomic E-state index is 13.6. The summed E-state index contributed by atoms with van der Waals surface area (Å²) in [6.07, 6.45) is 1.50. The standard InChI is InChI=1S/C14H17Cl2FN2O/c1-3-9(8-20-2)19-13-6-10(16)11(17)7-12(13)18-14(19)4-5-15/h6-7,9H,3-5,8H2,1-2H3. The summed E-state index contributed by atoms with van der Waals surface area (Å²) >= 11 is 11.7. The van der Waals surface area contributed by atoms with Gasteiger partial charge in [0, 0.05) is 25.5 Å². The number of aryl methyl sites for hydroxylation is 1. The van der Waals surface area contributed by atoms with Gasteiger partial charge < -0.3 is 9.30 Å². The number of methoxy groups -OCH3 is 1. The average molecular weight is 319 g/mol. The van der Waals surface area contributed by atoms with E-state index in [9.17, 15) is 4.39 Å². The molecule has 0 aliphatic heterocycles. The summed E-state index contributed by atoms with van der Waals surface area (Å²) in [6.45, 7) is 2.64. The van der Waals surface area contributed by atoms with E-state index >= 15 is 0 Å². The Kier molecular flexibility index (Phi) is 5.24. The van der Waals surface area contributed by atoms with E-state index in [1.807, 2.05) is 0 Å². The molecule has 2 rings (SSSR count). The number of ether oxygens (including phenoxy) is 1. The Bertz CT molecular complexity index is 600. The number of benzene rings is 1. The van der Waals surface area contributed by atoms with Crippen molar-refractivity contribution in [3.8, 4) is 0 Å². The van der Waals surface area contributed by atoms with Gasteiger partial charge >= 0.3 is 0 Å². The molecular weight excluding hydrogens is 302 g/mol. The molecular formula is C14H17Cl2FN2O. The molecule has 1 atom stereocenters. The number of imidazole rings is 1. The van der Waals surface area contributed by atoms with Gasteiger partial charge in [0.25, 0.3) is 0 Å². The summed E-state index contributed by atoms with van der Waals surface area (Å²) in [7, 11) is 1.66. The Hall–Kier alpha value is -0.840. The third kappa shape index (κ3) is 2.92. The second-order valence-corrected chi connectivity index (χ2v) is 5.39. The predicted molar refractivity (Wildman–Crippen MR) is 80.3 cm³/mol. The molecule has 0 amide bonds. The molecule has 0 saturated heterocycles. The molecule has 0 aliphatic carbocycles. The number of fused-ring (bicyclic) bond motifs is 1. The number of alkyl halides is 1. The average Bonchev–Trinajstić information content (AvgIpc) is 2.74. The Labute approximate surface area is 127 Å². The van der Waals surface area contributed by atoms with E-state index in [1.54, 1.807) is 13.2 Å². The lowest BCUT2D eigenvalue weighted by Crippen LogP contribution is -2.17. The van der Waals surface area contributed by atoms with Crippen LogP contribution in [0.25, 0.3) is 11.0 Å². The van der Waals surface area contributed by atoms with Gasteiger partial charge in [0.1, 0.15) is 11.6 Å². The molecule has 1 aromatic heterocycles. The van der Waals surface area contributed by atoms with E-state index in [0.29, 0.717) is 24.4 Å². The van der Waals surface area contributed by atoms with E-state index in [-0.39, 0.29) is 11.1 Å². The van der Waals surface area contributed by atoms with E-state index in [1.165, 1.54) is 6.07 Å². The van der Waals surface area contributed by atoms with E-state index in [0.717, 1.165) is 17.8 Å². The van der Waals surface area contributed by atoms with Crippen LogP contribution in [0.2, 0.25) is 5.02 Å². The van der Waals surface area contributed by atoms with Crippen LogP contribution in [0.3, 0.4) is 0 Å². The molecule has 0 bridgehead atoms. The number of aromatic nitrogens is 2.